The molecule has 0 aliphatic rings. The Morgan fingerprint density at radius 2 is 2.44 bits per heavy atom. The topological polar surface area (TPSA) is 43.1 Å². The Hall–Kier alpha value is 0.690. The fraction of sp³-hybridized carbons (Fsp3) is 0.667. The summed E-state index contributed by atoms with van der Waals surface area (Å²) in [7, 11) is 2.89. The molecule has 0 aliphatic heterocycles. The highest BCUT2D eigenvalue weighted by molar-refractivity contribution is 8.74. The number of carbonyl (C=O) groups excluding carboxylic acids is 1. The van der Waals surface area contributed by atoms with Gasteiger partial charge in [0, 0.05) is 5.75 Å². The van der Waals surface area contributed by atoms with Crippen LogP contribution in [-0.4, -0.2) is 17.3 Å². The molecular formula is C3H7FNOPS2. The fourth-order valence-corrected chi connectivity index (χ4v) is 1.43. The Labute approximate surface area is 63.4 Å². The quantitative estimate of drug-likeness (QED) is 0.526. The molecule has 0 aromatic rings. The third kappa shape index (κ3) is 5.15. The first kappa shape index (κ1) is 9.69. The Morgan fingerprint density at radius 1 is 1.89 bits per heavy atom. The smallest absolute Gasteiger partial charge is 0.165 e. The first-order valence-electron chi connectivity index (χ1n) is 2.13. The molecule has 2 nitrogen and oxygen atoms in total. The first-order chi connectivity index (χ1) is 4.18. The van der Waals surface area contributed by atoms with Crippen molar-refractivity contribution in [1.29, 1.82) is 0 Å². The third-order valence-corrected chi connectivity index (χ3v) is 2.35. The van der Waals surface area contributed by atoms with Gasteiger partial charge in [-0.3, -0.25) is 4.79 Å². The summed E-state index contributed by atoms with van der Waals surface area (Å²) in [4.78, 5) is 10.3. The van der Waals surface area contributed by atoms with E-state index in [9.17, 15) is 8.68 Å². The molecule has 9 heavy (non-hydrogen) atoms. The number of rotatable bonds is 4. The lowest BCUT2D eigenvalue weighted by molar-refractivity contribution is -0.111. The standard InChI is InChI=1S/C3H7FNOPS2/c4-9-8-1-2(5)3(6)7/h2H,1,5,7H2. The second-order valence-electron chi connectivity index (χ2n) is 1.36. The van der Waals surface area contributed by atoms with E-state index < -0.39 is 6.04 Å². The Balaban J connectivity index is 3.27. The lowest BCUT2D eigenvalue weighted by atomic mass is 10.4. The predicted octanol–water partition coefficient (Wildman–Crippen LogP) is 0.981. The zero-order valence-corrected chi connectivity index (χ0v) is 7.33. The van der Waals surface area contributed by atoms with Gasteiger partial charge in [-0.15, -0.1) is 0 Å². The monoisotopic (exact) mass is 187 g/mol. The van der Waals surface area contributed by atoms with Crippen molar-refractivity contribution in [2.45, 2.75) is 6.04 Å². The van der Waals surface area contributed by atoms with Crippen LogP contribution in [0.15, 0.2) is 0 Å². The minimum absolute atomic E-state index is 0.123. The fourth-order valence-electron chi connectivity index (χ4n) is 0.181. The van der Waals surface area contributed by atoms with Gasteiger partial charge in [0.15, 0.2) is 5.52 Å². The molecule has 2 atom stereocenters. The van der Waals surface area contributed by atoms with E-state index in [-0.39, 0.29) is 16.7 Å². The molecule has 54 valence electrons. The van der Waals surface area contributed by atoms with Crippen LogP contribution in [0.1, 0.15) is 0 Å². The second-order valence-corrected chi connectivity index (χ2v) is 3.71. The van der Waals surface area contributed by atoms with Crippen LogP contribution >= 0.6 is 31.2 Å². The molecule has 0 aromatic carbocycles. The Morgan fingerprint density at radius 3 is 2.78 bits per heavy atom. The minimum Gasteiger partial charge on any atom is -0.320 e. The van der Waals surface area contributed by atoms with Gasteiger partial charge < -0.3 is 5.73 Å². The van der Waals surface area contributed by atoms with Gasteiger partial charge in [-0.25, -0.2) is 0 Å². The highest BCUT2D eigenvalue weighted by atomic mass is 33.1. The zero-order chi connectivity index (χ0) is 7.28. The summed E-state index contributed by atoms with van der Waals surface area (Å²) >= 11 is 0.123. The van der Waals surface area contributed by atoms with Gasteiger partial charge in [0.25, 0.3) is 0 Å². The number of hydrogen-bond donors (Lipinski definition) is 1. The molecule has 0 spiro atoms. The van der Waals surface area contributed by atoms with Crippen LogP contribution in [0.2, 0.25) is 0 Å². The summed E-state index contributed by atoms with van der Waals surface area (Å²) in [6.45, 7) is 0. The van der Waals surface area contributed by atoms with Gasteiger partial charge >= 0.3 is 0 Å². The van der Waals surface area contributed by atoms with Gasteiger partial charge in [-0.1, -0.05) is 20.0 Å². The molecule has 0 rings (SSSR count). The maximum Gasteiger partial charge on any atom is 0.165 e. The molecular weight excluding hydrogens is 180 g/mol. The van der Waals surface area contributed by atoms with Crippen molar-refractivity contribution in [3.8, 4) is 0 Å². The summed E-state index contributed by atoms with van der Waals surface area (Å²) in [6.07, 6.45) is 0. The Bertz CT molecular complexity index is 104. The van der Waals surface area contributed by atoms with E-state index in [2.05, 4.69) is 0 Å². The zero-order valence-electron chi connectivity index (χ0n) is 4.54. The van der Waals surface area contributed by atoms with E-state index in [1.165, 1.54) is 0 Å². The second kappa shape index (κ2) is 5.47. The van der Waals surface area contributed by atoms with Gasteiger partial charge in [-0.2, -0.15) is 3.89 Å². The van der Waals surface area contributed by atoms with E-state index >= 15 is 0 Å². The molecule has 0 bridgehead atoms. The largest absolute Gasteiger partial charge is 0.320 e. The number of halogens is 1. The molecule has 2 N–H and O–H groups in total. The van der Waals surface area contributed by atoms with E-state index in [1.807, 2.05) is 9.24 Å². The molecule has 0 aliphatic carbocycles. The average molecular weight is 187 g/mol. The third-order valence-electron chi connectivity index (χ3n) is 0.658. The number of nitrogens with two attached hydrogens (primary N) is 1. The van der Waals surface area contributed by atoms with Crippen LogP contribution in [0.4, 0.5) is 3.89 Å². The van der Waals surface area contributed by atoms with Crippen molar-refractivity contribution >= 4 is 36.7 Å². The lowest BCUT2D eigenvalue weighted by Gasteiger charge is -2.01. The summed E-state index contributed by atoms with van der Waals surface area (Å²) in [5.74, 6) is 0.323. The maximum atomic E-state index is 11.3. The van der Waals surface area contributed by atoms with Gasteiger partial charge in [-0.05, 0) is 0 Å². The predicted molar refractivity (Wildman–Crippen MR) is 43.8 cm³/mol. The molecule has 0 saturated heterocycles. The van der Waals surface area contributed by atoms with E-state index in [0.717, 1.165) is 10.8 Å². The van der Waals surface area contributed by atoms with E-state index in [1.54, 1.807) is 0 Å². The van der Waals surface area contributed by atoms with Crippen molar-refractivity contribution in [2.75, 3.05) is 5.75 Å². The van der Waals surface area contributed by atoms with Crippen LogP contribution in [0, 0.1) is 0 Å². The summed E-state index contributed by atoms with van der Waals surface area (Å²) in [6, 6.07) is -0.553. The minimum atomic E-state index is -0.553. The van der Waals surface area contributed by atoms with Crippen molar-refractivity contribution in [3.05, 3.63) is 0 Å². The van der Waals surface area contributed by atoms with Crippen LogP contribution in [0.5, 0.6) is 0 Å². The number of carbonyl (C=O) groups is 1. The molecule has 0 aromatic heterocycles. The molecule has 2 unspecified atom stereocenters. The van der Waals surface area contributed by atoms with Crippen molar-refractivity contribution in [1.82, 2.24) is 0 Å². The summed E-state index contributed by atoms with van der Waals surface area (Å²) in [5.41, 5.74) is 5.05. The highest BCUT2D eigenvalue weighted by Gasteiger charge is 2.07. The Kier molecular flexibility index (Phi) is 5.89. The van der Waals surface area contributed by atoms with Crippen molar-refractivity contribution in [2.24, 2.45) is 5.73 Å². The van der Waals surface area contributed by atoms with Crippen LogP contribution < -0.4 is 5.73 Å². The van der Waals surface area contributed by atoms with Gasteiger partial charge in [0.2, 0.25) is 0 Å². The molecule has 0 radical (unpaired) electrons. The SMILES string of the molecule is NC(CSSF)C(=O)P. The molecule has 0 heterocycles. The summed E-state index contributed by atoms with van der Waals surface area (Å²) in [5, 5.41) is 0. The van der Waals surface area contributed by atoms with Crippen molar-refractivity contribution < 1.29 is 8.68 Å². The van der Waals surface area contributed by atoms with Crippen LogP contribution in [0.25, 0.3) is 0 Å². The van der Waals surface area contributed by atoms with Crippen molar-refractivity contribution in [3.63, 3.8) is 0 Å². The van der Waals surface area contributed by atoms with Gasteiger partial charge in [0.1, 0.15) is 11.2 Å². The van der Waals surface area contributed by atoms with Crippen LogP contribution in [-0.2, 0) is 4.79 Å². The molecule has 0 amide bonds. The molecule has 6 heteroatoms. The molecule has 0 saturated carbocycles. The maximum absolute atomic E-state index is 11.3. The average Bonchev–Trinajstić information content (AvgIpc) is 1.82. The number of hydrogen-bond acceptors (Lipinski definition) is 4. The normalized spacial score (nSPS) is 13.2. The van der Waals surface area contributed by atoms with E-state index in [0.29, 0.717) is 5.75 Å². The van der Waals surface area contributed by atoms with E-state index in [4.69, 9.17) is 5.73 Å². The first-order valence-corrected chi connectivity index (χ1v) is 4.93. The highest BCUT2D eigenvalue weighted by Crippen LogP contribution is 2.22. The molecule has 0 fully saturated rings. The summed E-state index contributed by atoms with van der Waals surface area (Å²) < 4.78 is 11.3. The van der Waals surface area contributed by atoms with Gasteiger partial charge in [0.05, 0.1) is 6.04 Å². The lowest BCUT2D eigenvalue weighted by Crippen LogP contribution is -2.28. The van der Waals surface area contributed by atoms with Crippen LogP contribution in [0.3, 0.4) is 0 Å².